The van der Waals surface area contributed by atoms with E-state index in [2.05, 4.69) is 48.5 Å². The molecule has 29 heavy (non-hydrogen) atoms. The normalized spacial score (nSPS) is 13.1. The highest BCUT2D eigenvalue weighted by Crippen LogP contribution is 2.37. The van der Waals surface area contributed by atoms with Crippen LogP contribution in [0.4, 0.5) is 0 Å². The van der Waals surface area contributed by atoms with E-state index in [1.165, 1.54) is 11.1 Å². The van der Waals surface area contributed by atoms with Crippen LogP contribution in [-0.2, 0) is 11.3 Å². The summed E-state index contributed by atoms with van der Waals surface area (Å²) in [7, 11) is 0. The van der Waals surface area contributed by atoms with Gasteiger partial charge in [-0.15, -0.1) is 0 Å². The van der Waals surface area contributed by atoms with E-state index in [-0.39, 0.29) is 18.6 Å². The maximum atomic E-state index is 12.3. The molecule has 0 fully saturated rings. The van der Waals surface area contributed by atoms with Crippen molar-refractivity contribution < 1.29 is 14.3 Å². The number of carbonyl (C=O) groups excluding carboxylic acids is 1. The second-order valence-electron chi connectivity index (χ2n) is 7.29. The molecule has 0 N–H and O–H groups in total. The smallest absolute Gasteiger partial charge is 0.231 e. The number of rotatable bonds is 7. The summed E-state index contributed by atoms with van der Waals surface area (Å²) in [5.41, 5.74) is 3.54. The third kappa shape index (κ3) is 4.60. The lowest BCUT2D eigenvalue weighted by molar-refractivity contribution is -0.129. The van der Waals surface area contributed by atoms with Gasteiger partial charge in [0.2, 0.25) is 12.7 Å². The van der Waals surface area contributed by atoms with Gasteiger partial charge in [0.25, 0.3) is 0 Å². The van der Waals surface area contributed by atoms with Crippen molar-refractivity contribution >= 4 is 5.91 Å². The molecule has 0 aromatic heterocycles. The quantitative estimate of drug-likeness (QED) is 0.574. The Balaban J connectivity index is 1.56. The van der Waals surface area contributed by atoms with E-state index < -0.39 is 0 Å². The lowest BCUT2D eigenvalue weighted by Gasteiger charge is -2.25. The van der Waals surface area contributed by atoms with Crippen LogP contribution in [0.25, 0.3) is 0 Å². The molecule has 0 saturated carbocycles. The lowest BCUT2D eigenvalue weighted by atomic mass is 9.88. The van der Waals surface area contributed by atoms with Crippen LogP contribution in [0.1, 0.15) is 36.0 Å². The van der Waals surface area contributed by atoms with Gasteiger partial charge in [0.15, 0.2) is 11.5 Å². The summed E-state index contributed by atoms with van der Waals surface area (Å²) < 4.78 is 11.0. The van der Waals surface area contributed by atoms with Crippen LogP contribution in [0.15, 0.2) is 78.9 Å². The fourth-order valence-electron chi connectivity index (χ4n) is 3.78. The summed E-state index contributed by atoms with van der Waals surface area (Å²) in [6, 6.07) is 26.7. The molecule has 0 spiro atoms. The summed E-state index contributed by atoms with van der Waals surface area (Å²) in [5, 5.41) is 0. The Kier molecular flexibility index (Phi) is 5.80. The fraction of sp³-hybridized carbons (Fsp3) is 0.240. The van der Waals surface area contributed by atoms with Crippen molar-refractivity contribution in [2.24, 2.45) is 0 Å². The van der Waals surface area contributed by atoms with Crippen LogP contribution in [0.3, 0.4) is 0 Å². The minimum Gasteiger partial charge on any atom is -0.454 e. The van der Waals surface area contributed by atoms with Crippen LogP contribution in [0.2, 0.25) is 0 Å². The highest BCUT2D eigenvalue weighted by molar-refractivity contribution is 5.73. The van der Waals surface area contributed by atoms with Gasteiger partial charge < -0.3 is 14.4 Å². The summed E-state index contributed by atoms with van der Waals surface area (Å²) in [6.07, 6.45) is 0.829. The van der Waals surface area contributed by atoms with Gasteiger partial charge in [-0.2, -0.15) is 0 Å². The number of hydrogen-bond donors (Lipinski definition) is 0. The Bertz CT molecular complexity index is 956. The van der Waals surface area contributed by atoms with Crippen molar-refractivity contribution in [2.45, 2.75) is 25.8 Å². The van der Waals surface area contributed by atoms with Crippen LogP contribution in [-0.4, -0.2) is 24.1 Å². The van der Waals surface area contributed by atoms with Gasteiger partial charge in [0.05, 0.1) is 0 Å². The number of nitrogens with zero attached hydrogens (tertiary/aromatic N) is 1. The number of ether oxygens (including phenoxy) is 2. The van der Waals surface area contributed by atoms with E-state index >= 15 is 0 Å². The van der Waals surface area contributed by atoms with Gasteiger partial charge in [-0.25, -0.2) is 0 Å². The van der Waals surface area contributed by atoms with E-state index in [1.807, 2.05) is 35.2 Å². The molecule has 4 heteroatoms. The molecule has 1 unspecified atom stereocenters. The minimum absolute atomic E-state index is 0.0892. The first-order valence-electron chi connectivity index (χ1n) is 9.94. The number of amides is 1. The number of carbonyl (C=O) groups is 1. The largest absolute Gasteiger partial charge is 0.454 e. The molecular weight excluding hydrogens is 362 g/mol. The van der Waals surface area contributed by atoms with E-state index in [1.54, 1.807) is 6.92 Å². The molecule has 1 atom stereocenters. The third-order valence-electron chi connectivity index (χ3n) is 5.35. The molecule has 0 aliphatic carbocycles. The maximum absolute atomic E-state index is 12.3. The molecule has 1 heterocycles. The zero-order valence-corrected chi connectivity index (χ0v) is 16.6. The Morgan fingerprint density at radius 3 is 2.31 bits per heavy atom. The molecule has 4 nitrogen and oxygen atoms in total. The van der Waals surface area contributed by atoms with Crippen LogP contribution < -0.4 is 9.47 Å². The average Bonchev–Trinajstić information content (AvgIpc) is 3.22. The van der Waals surface area contributed by atoms with Gasteiger partial charge in [-0.05, 0) is 35.2 Å². The predicted molar refractivity (Wildman–Crippen MR) is 113 cm³/mol. The first-order valence-corrected chi connectivity index (χ1v) is 9.94. The summed E-state index contributed by atoms with van der Waals surface area (Å²) in [6.45, 7) is 3.21. The highest BCUT2D eigenvalue weighted by atomic mass is 16.7. The SMILES string of the molecule is CC(=O)N(CCC(c1ccccc1)c1ccc2c(c1)OCO2)Cc1ccccc1. The van der Waals surface area contributed by atoms with Gasteiger partial charge in [0, 0.05) is 25.9 Å². The zero-order valence-electron chi connectivity index (χ0n) is 16.6. The van der Waals surface area contributed by atoms with Gasteiger partial charge in [0.1, 0.15) is 0 Å². The summed E-state index contributed by atoms with van der Waals surface area (Å²) in [4.78, 5) is 14.2. The highest BCUT2D eigenvalue weighted by Gasteiger charge is 2.21. The Morgan fingerprint density at radius 1 is 0.897 bits per heavy atom. The minimum atomic E-state index is 0.0892. The molecule has 0 bridgehead atoms. The maximum Gasteiger partial charge on any atom is 0.231 e. The molecule has 1 amide bonds. The van der Waals surface area contributed by atoms with Crippen LogP contribution >= 0.6 is 0 Å². The first kappa shape index (κ1) is 19.1. The molecule has 1 aliphatic heterocycles. The van der Waals surface area contributed by atoms with Gasteiger partial charge in [-0.1, -0.05) is 66.7 Å². The topological polar surface area (TPSA) is 38.8 Å². The van der Waals surface area contributed by atoms with Crippen molar-refractivity contribution in [2.75, 3.05) is 13.3 Å². The number of hydrogen-bond acceptors (Lipinski definition) is 3. The van der Waals surface area contributed by atoms with E-state index in [9.17, 15) is 4.79 Å². The van der Waals surface area contributed by atoms with E-state index in [0.29, 0.717) is 13.1 Å². The monoisotopic (exact) mass is 387 g/mol. The first-order chi connectivity index (χ1) is 14.2. The number of fused-ring (bicyclic) bond motifs is 1. The average molecular weight is 387 g/mol. The van der Waals surface area contributed by atoms with Crippen LogP contribution in [0, 0.1) is 0 Å². The predicted octanol–water partition coefficient (Wildman–Crippen LogP) is 4.99. The molecule has 3 aromatic rings. The van der Waals surface area contributed by atoms with Crippen molar-refractivity contribution in [3.8, 4) is 11.5 Å². The lowest BCUT2D eigenvalue weighted by Crippen LogP contribution is -2.30. The molecule has 0 radical (unpaired) electrons. The molecule has 1 aliphatic rings. The van der Waals surface area contributed by atoms with Gasteiger partial charge in [-0.3, -0.25) is 4.79 Å². The van der Waals surface area contributed by atoms with E-state index in [0.717, 1.165) is 23.5 Å². The van der Waals surface area contributed by atoms with Crippen molar-refractivity contribution in [3.63, 3.8) is 0 Å². The molecule has 0 saturated heterocycles. The Morgan fingerprint density at radius 2 is 1.59 bits per heavy atom. The Labute approximate surface area is 171 Å². The zero-order chi connectivity index (χ0) is 20.1. The Hall–Kier alpha value is -3.27. The third-order valence-corrected chi connectivity index (χ3v) is 5.35. The summed E-state index contributed by atoms with van der Waals surface area (Å²) >= 11 is 0. The molecule has 148 valence electrons. The second-order valence-corrected chi connectivity index (χ2v) is 7.29. The van der Waals surface area contributed by atoms with Gasteiger partial charge >= 0.3 is 0 Å². The molecule has 3 aromatic carbocycles. The van der Waals surface area contributed by atoms with Crippen LogP contribution in [0.5, 0.6) is 11.5 Å². The van der Waals surface area contributed by atoms with Crippen molar-refractivity contribution in [1.82, 2.24) is 4.90 Å². The molecule has 4 rings (SSSR count). The summed E-state index contributed by atoms with van der Waals surface area (Å²) in [5.74, 6) is 1.83. The standard InChI is InChI=1S/C25H25NO3/c1-19(27)26(17-20-8-4-2-5-9-20)15-14-23(21-10-6-3-7-11-21)22-12-13-24-25(16-22)29-18-28-24/h2-13,16,23H,14-15,17-18H2,1H3. The van der Waals surface area contributed by atoms with E-state index in [4.69, 9.17) is 9.47 Å². The molecular formula is C25H25NO3. The van der Waals surface area contributed by atoms with Crippen molar-refractivity contribution in [3.05, 3.63) is 95.6 Å². The van der Waals surface area contributed by atoms with Crippen molar-refractivity contribution in [1.29, 1.82) is 0 Å². The second kappa shape index (κ2) is 8.82. The fourth-order valence-corrected chi connectivity index (χ4v) is 3.78. The number of benzene rings is 3.